The van der Waals surface area contributed by atoms with E-state index < -0.39 is 0 Å². The van der Waals surface area contributed by atoms with Crippen molar-refractivity contribution in [3.8, 4) is 0 Å². The predicted octanol–water partition coefficient (Wildman–Crippen LogP) is 1.85. The van der Waals surface area contributed by atoms with Gasteiger partial charge in [0, 0.05) is 6.04 Å². The molecule has 1 amide bonds. The summed E-state index contributed by atoms with van der Waals surface area (Å²) >= 11 is 2.05. The van der Waals surface area contributed by atoms with Crippen LogP contribution in [0.25, 0.3) is 0 Å². The molecule has 1 N–H and O–H groups in total. The molecule has 58 valence electrons. The second-order valence-corrected chi connectivity index (χ2v) is 3.94. The minimum absolute atomic E-state index is 0.0504. The first kappa shape index (κ1) is 9.94. The number of nitrogens with one attached hydrogen (secondary N) is 1. The molecule has 0 saturated carbocycles. The third kappa shape index (κ3) is 6.07. The molecule has 0 aromatic carbocycles. The van der Waals surface area contributed by atoms with Crippen LogP contribution in [0.3, 0.4) is 0 Å². The van der Waals surface area contributed by atoms with Crippen molar-refractivity contribution in [1.82, 2.24) is 5.32 Å². The van der Waals surface area contributed by atoms with Crippen molar-refractivity contribution in [2.24, 2.45) is 0 Å². The van der Waals surface area contributed by atoms with Crippen molar-refractivity contribution in [3.05, 3.63) is 10.2 Å². The van der Waals surface area contributed by atoms with E-state index in [-0.39, 0.29) is 11.9 Å². The van der Waals surface area contributed by atoms with Gasteiger partial charge < -0.3 is 5.32 Å². The van der Waals surface area contributed by atoms with Gasteiger partial charge in [0.2, 0.25) is 5.91 Å². The van der Waals surface area contributed by atoms with Gasteiger partial charge in [0.05, 0.1) is 6.42 Å². The van der Waals surface area contributed by atoms with Gasteiger partial charge in [-0.15, -0.1) is 0 Å². The second kappa shape index (κ2) is 4.71. The fourth-order valence-electron chi connectivity index (χ4n) is 0.547. The summed E-state index contributed by atoms with van der Waals surface area (Å²) in [7, 11) is 0. The van der Waals surface area contributed by atoms with E-state index in [0.717, 1.165) is 3.58 Å². The van der Waals surface area contributed by atoms with Crippen molar-refractivity contribution in [3.63, 3.8) is 0 Å². The third-order valence-electron chi connectivity index (χ3n) is 0.802. The Balaban J connectivity index is 3.54. The van der Waals surface area contributed by atoms with Crippen molar-refractivity contribution in [1.29, 1.82) is 0 Å². The summed E-state index contributed by atoms with van der Waals surface area (Å²) in [6, 6.07) is 0.225. The highest BCUT2D eigenvalue weighted by molar-refractivity contribution is 14.1. The lowest BCUT2D eigenvalue weighted by molar-refractivity contribution is -0.120. The SMILES string of the molecule is C=C(I)CC(=O)NC(C)C. The first-order valence-electron chi connectivity index (χ1n) is 3.15. The van der Waals surface area contributed by atoms with Crippen molar-refractivity contribution in [2.45, 2.75) is 26.3 Å². The molecule has 0 aliphatic rings. The Morgan fingerprint density at radius 1 is 1.70 bits per heavy atom. The largest absolute Gasteiger partial charge is 0.354 e. The van der Waals surface area contributed by atoms with Crippen LogP contribution in [0.4, 0.5) is 0 Å². The lowest BCUT2D eigenvalue weighted by Gasteiger charge is -2.06. The molecule has 3 heteroatoms. The van der Waals surface area contributed by atoms with Crippen molar-refractivity contribution in [2.75, 3.05) is 0 Å². The van der Waals surface area contributed by atoms with E-state index in [2.05, 4.69) is 11.9 Å². The molecule has 0 heterocycles. The van der Waals surface area contributed by atoms with E-state index >= 15 is 0 Å². The molecular weight excluding hydrogens is 241 g/mol. The van der Waals surface area contributed by atoms with E-state index in [1.165, 1.54) is 0 Å². The minimum atomic E-state index is 0.0504. The van der Waals surface area contributed by atoms with E-state index in [0.29, 0.717) is 6.42 Å². The molecule has 2 nitrogen and oxygen atoms in total. The molecule has 0 rings (SSSR count). The maximum Gasteiger partial charge on any atom is 0.225 e. The molecule has 0 spiro atoms. The standard InChI is InChI=1S/C7H12INO/c1-5(2)9-7(10)4-6(3)8/h5H,3-4H2,1-2H3,(H,9,10). The smallest absolute Gasteiger partial charge is 0.225 e. The second-order valence-electron chi connectivity index (χ2n) is 2.42. The fourth-order valence-corrected chi connectivity index (χ4v) is 0.894. The lowest BCUT2D eigenvalue weighted by atomic mass is 10.3. The van der Waals surface area contributed by atoms with Gasteiger partial charge in [-0.3, -0.25) is 4.79 Å². The maximum absolute atomic E-state index is 10.9. The molecule has 0 unspecified atom stereocenters. The van der Waals surface area contributed by atoms with E-state index in [1.54, 1.807) is 0 Å². The lowest BCUT2D eigenvalue weighted by Crippen LogP contribution is -2.29. The summed E-state index contributed by atoms with van der Waals surface area (Å²) in [5.41, 5.74) is 0. The van der Waals surface area contributed by atoms with Crippen LogP contribution < -0.4 is 5.32 Å². The Morgan fingerprint density at radius 2 is 2.20 bits per heavy atom. The zero-order valence-corrected chi connectivity index (χ0v) is 8.44. The summed E-state index contributed by atoms with van der Waals surface area (Å²) in [6.07, 6.45) is 0.429. The van der Waals surface area contributed by atoms with Gasteiger partial charge in [-0.05, 0) is 40.0 Å². The molecule has 0 saturated heterocycles. The van der Waals surface area contributed by atoms with Gasteiger partial charge in [0.25, 0.3) is 0 Å². The van der Waals surface area contributed by atoms with Crippen LogP contribution in [0, 0.1) is 0 Å². The van der Waals surface area contributed by atoms with Gasteiger partial charge in [-0.2, -0.15) is 0 Å². The maximum atomic E-state index is 10.9. The van der Waals surface area contributed by atoms with Crippen molar-refractivity contribution >= 4 is 28.5 Å². The fraction of sp³-hybridized carbons (Fsp3) is 0.571. The number of hydrogen-bond donors (Lipinski definition) is 1. The number of hydrogen-bond acceptors (Lipinski definition) is 1. The van der Waals surface area contributed by atoms with Crippen LogP contribution in [-0.2, 0) is 4.79 Å². The van der Waals surface area contributed by atoms with Crippen LogP contribution in [0.2, 0.25) is 0 Å². The Hall–Kier alpha value is -0.0600. The summed E-state index contributed by atoms with van der Waals surface area (Å²) < 4.78 is 0.871. The summed E-state index contributed by atoms with van der Waals surface area (Å²) in [5.74, 6) is 0.0504. The Bertz CT molecular complexity index is 143. The molecule has 0 aliphatic carbocycles. The van der Waals surface area contributed by atoms with Crippen LogP contribution >= 0.6 is 22.6 Å². The number of carbonyl (C=O) groups is 1. The molecule has 0 fully saturated rings. The molecule has 0 aromatic rings. The quantitative estimate of drug-likeness (QED) is 0.764. The van der Waals surface area contributed by atoms with Crippen LogP contribution in [0.5, 0.6) is 0 Å². The Kier molecular flexibility index (Phi) is 4.68. The van der Waals surface area contributed by atoms with Gasteiger partial charge >= 0.3 is 0 Å². The highest BCUT2D eigenvalue weighted by Crippen LogP contribution is 2.06. The molecule has 0 aliphatic heterocycles. The van der Waals surface area contributed by atoms with E-state index in [9.17, 15) is 4.79 Å². The van der Waals surface area contributed by atoms with E-state index in [1.807, 2.05) is 36.4 Å². The number of carbonyl (C=O) groups excluding carboxylic acids is 1. The summed E-state index contributed by atoms with van der Waals surface area (Å²) in [6.45, 7) is 7.50. The highest BCUT2D eigenvalue weighted by atomic mass is 127. The molecule has 0 bridgehead atoms. The average Bonchev–Trinajstić information content (AvgIpc) is 1.58. The zero-order valence-electron chi connectivity index (χ0n) is 6.28. The molecule has 0 aromatic heterocycles. The van der Waals surface area contributed by atoms with Crippen LogP contribution in [0.15, 0.2) is 10.2 Å². The normalized spacial score (nSPS) is 9.60. The van der Waals surface area contributed by atoms with Crippen molar-refractivity contribution < 1.29 is 4.79 Å². The minimum Gasteiger partial charge on any atom is -0.354 e. The third-order valence-corrected chi connectivity index (χ3v) is 1.18. The van der Waals surface area contributed by atoms with Crippen LogP contribution in [0.1, 0.15) is 20.3 Å². The first-order valence-corrected chi connectivity index (χ1v) is 4.23. The van der Waals surface area contributed by atoms with Crippen LogP contribution in [-0.4, -0.2) is 11.9 Å². The summed E-state index contributed by atoms with van der Waals surface area (Å²) in [5, 5.41) is 2.77. The number of amides is 1. The van der Waals surface area contributed by atoms with Gasteiger partial charge in [-0.25, -0.2) is 0 Å². The van der Waals surface area contributed by atoms with Gasteiger partial charge in [0.1, 0.15) is 0 Å². The molecule has 0 atom stereocenters. The number of halogens is 1. The molecular formula is C7H12INO. The average molecular weight is 253 g/mol. The van der Waals surface area contributed by atoms with Gasteiger partial charge in [-0.1, -0.05) is 6.58 Å². The predicted molar refractivity (Wildman–Crippen MR) is 51.1 cm³/mol. The monoisotopic (exact) mass is 253 g/mol. The molecule has 10 heavy (non-hydrogen) atoms. The number of rotatable bonds is 3. The highest BCUT2D eigenvalue weighted by Gasteiger charge is 2.02. The molecule has 0 radical (unpaired) electrons. The Labute approximate surface area is 75.2 Å². The first-order chi connectivity index (χ1) is 4.52. The van der Waals surface area contributed by atoms with E-state index in [4.69, 9.17) is 0 Å². The summed E-state index contributed by atoms with van der Waals surface area (Å²) in [4.78, 5) is 10.9. The van der Waals surface area contributed by atoms with Gasteiger partial charge in [0.15, 0.2) is 0 Å². The topological polar surface area (TPSA) is 29.1 Å². The zero-order chi connectivity index (χ0) is 8.15. The Morgan fingerprint density at radius 3 is 2.50 bits per heavy atom.